The van der Waals surface area contributed by atoms with Crippen LogP contribution in [0.25, 0.3) is 17.0 Å². The number of aromatic nitrogens is 2. The lowest BCUT2D eigenvalue weighted by Gasteiger charge is -2.24. The van der Waals surface area contributed by atoms with Crippen LogP contribution in [0.2, 0.25) is 5.02 Å². The minimum absolute atomic E-state index is 0.0308. The first-order valence-corrected chi connectivity index (χ1v) is 13.2. The predicted molar refractivity (Wildman–Crippen MR) is 142 cm³/mol. The third-order valence-electron chi connectivity index (χ3n) is 6.62. The van der Waals surface area contributed by atoms with E-state index in [1.54, 1.807) is 18.3 Å². The first kappa shape index (κ1) is 25.8. The number of amides is 1. The van der Waals surface area contributed by atoms with Crippen LogP contribution in [-0.4, -0.2) is 51.9 Å². The van der Waals surface area contributed by atoms with Crippen molar-refractivity contribution in [3.05, 3.63) is 69.2 Å². The summed E-state index contributed by atoms with van der Waals surface area (Å²) in [4.78, 5) is 19.7. The van der Waals surface area contributed by atoms with Crippen molar-refractivity contribution < 1.29 is 18.0 Å². The largest absolute Gasteiger partial charge is 0.416 e. The maximum absolute atomic E-state index is 13.5. The molecule has 1 atom stereocenters. The molecule has 1 fully saturated rings. The number of amidine groups is 1. The summed E-state index contributed by atoms with van der Waals surface area (Å²) in [6.45, 7) is 1.64. The molecule has 6 nitrogen and oxygen atoms in total. The van der Waals surface area contributed by atoms with Crippen molar-refractivity contribution in [1.29, 1.82) is 0 Å². The Bertz CT molecular complexity index is 1400. The topological polar surface area (TPSA) is 62.5 Å². The highest BCUT2D eigenvalue weighted by atomic mass is 35.5. The molecule has 3 heterocycles. The highest BCUT2D eigenvalue weighted by Gasteiger charge is 2.34. The van der Waals surface area contributed by atoms with E-state index in [0.717, 1.165) is 54.5 Å². The van der Waals surface area contributed by atoms with Gasteiger partial charge in [-0.15, -0.1) is 0 Å². The Kier molecular flexibility index (Phi) is 7.33. The predicted octanol–water partition coefficient (Wildman–Crippen LogP) is 5.80. The fourth-order valence-electron chi connectivity index (χ4n) is 4.67. The van der Waals surface area contributed by atoms with Crippen LogP contribution in [0.5, 0.6) is 0 Å². The van der Waals surface area contributed by atoms with Gasteiger partial charge in [0.05, 0.1) is 28.7 Å². The molecule has 0 aliphatic carbocycles. The van der Waals surface area contributed by atoms with Gasteiger partial charge in [0.2, 0.25) is 0 Å². The fourth-order valence-corrected chi connectivity index (χ4v) is 5.79. The molecule has 1 saturated heterocycles. The van der Waals surface area contributed by atoms with Crippen molar-refractivity contribution in [2.45, 2.75) is 38.0 Å². The smallest absolute Gasteiger partial charge is 0.349 e. The number of fused-ring (bicyclic) bond motifs is 1. The number of carbonyl (C=O) groups is 1. The second kappa shape index (κ2) is 10.5. The van der Waals surface area contributed by atoms with Crippen LogP contribution in [0, 0.1) is 0 Å². The summed E-state index contributed by atoms with van der Waals surface area (Å²) < 4.78 is 42.1. The highest BCUT2D eigenvalue weighted by molar-refractivity contribution is 8.18. The summed E-state index contributed by atoms with van der Waals surface area (Å²) in [6, 6.07) is 9.62. The Morgan fingerprint density at radius 2 is 2.05 bits per heavy atom. The van der Waals surface area contributed by atoms with Crippen LogP contribution in [0.3, 0.4) is 0 Å². The summed E-state index contributed by atoms with van der Waals surface area (Å²) in [7, 11) is 1.96. The lowest BCUT2D eigenvalue weighted by molar-refractivity contribution is -0.138. The molecule has 0 saturated carbocycles. The average molecular weight is 548 g/mol. The zero-order valence-corrected chi connectivity index (χ0v) is 21.6. The number of hydrogen-bond donors (Lipinski definition) is 1. The van der Waals surface area contributed by atoms with Gasteiger partial charge in [-0.05, 0) is 73.1 Å². The number of nitrogens with one attached hydrogen (secondary N) is 1. The normalized spacial score (nSPS) is 20.1. The second-order valence-electron chi connectivity index (χ2n) is 9.16. The first-order chi connectivity index (χ1) is 17.7. The molecular weight excluding hydrogens is 523 g/mol. The van der Waals surface area contributed by atoms with Gasteiger partial charge in [-0.3, -0.25) is 9.48 Å². The van der Waals surface area contributed by atoms with Crippen molar-refractivity contribution in [2.24, 2.45) is 4.99 Å². The van der Waals surface area contributed by atoms with Crippen molar-refractivity contribution >= 4 is 51.4 Å². The van der Waals surface area contributed by atoms with Gasteiger partial charge in [0.1, 0.15) is 0 Å². The van der Waals surface area contributed by atoms with E-state index in [4.69, 9.17) is 11.6 Å². The van der Waals surface area contributed by atoms with E-state index in [1.807, 2.05) is 19.2 Å². The summed E-state index contributed by atoms with van der Waals surface area (Å²) in [5, 5.41) is 9.17. The fraction of sp³-hybridized carbons (Fsp3) is 0.346. The number of likely N-dealkylation sites (N-methyl/N-ethyl adjacent to an activating group) is 1. The Labute approximate surface area is 221 Å². The maximum atomic E-state index is 13.5. The van der Waals surface area contributed by atoms with Gasteiger partial charge in [0.25, 0.3) is 5.91 Å². The lowest BCUT2D eigenvalue weighted by Crippen LogP contribution is -2.39. The van der Waals surface area contributed by atoms with E-state index in [1.165, 1.54) is 28.6 Å². The lowest BCUT2D eigenvalue weighted by atomic mass is 10.1. The molecule has 1 N–H and O–H groups in total. The number of thioether (sulfide) groups is 1. The van der Waals surface area contributed by atoms with E-state index in [-0.39, 0.29) is 23.0 Å². The molecule has 1 amide bonds. The second-order valence-corrected chi connectivity index (χ2v) is 10.6. The number of hydrogen-bond acceptors (Lipinski definition) is 5. The Balaban J connectivity index is 1.35. The van der Waals surface area contributed by atoms with Crippen LogP contribution in [0.1, 0.15) is 36.0 Å². The molecule has 0 radical (unpaired) electrons. The summed E-state index contributed by atoms with van der Waals surface area (Å²) >= 11 is 7.18. The number of rotatable bonds is 4. The zero-order valence-electron chi connectivity index (χ0n) is 20.1. The number of aliphatic imine (C=N–C) groups is 1. The molecule has 5 rings (SSSR count). The Morgan fingerprint density at radius 1 is 1.22 bits per heavy atom. The van der Waals surface area contributed by atoms with E-state index in [0.29, 0.717) is 16.5 Å². The van der Waals surface area contributed by atoms with Gasteiger partial charge < -0.3 is 10.2 Å². The number of nitrogens with zero attached hydrogens (tertiary/aromatic N) is 4. The third kappa shape index (κ3) is 5.71. The molecule has 2 aliphatic rings. The van der Waals surface area contributed by atoms with E-state index >= 15 is 0 Å². The average Bonchev–Trinajstić information content (AvgIpc) is 3.32. The van der Waals surface area contributed by atoms with E-state index in [2.05, 4.69) is 20.3 Å². The highest BCUT2D eigenvalue weighted by Crippen LogP contribution is 2.35. The molecule has 1 unspecified atom stereocenters. The third-order valence-corrected chi connectivity index (χ3v) is 7.90. The maximum Gasteiger partial charge on any atom is 0.416 e. The molecule has 194 valence electrons. The standard InChI is InChI=1S/C26H25ClF3N5OS/c1-31-20-4-2-3-9-34(15-20)25-33-24(36)23(37-25)11-16-5-8-22-18(10-16)13-32-35(22)14-17-6-7-19(27)12-21(17)26(28,29)30/h5-8,10-13,20,31H,2-4,9,14-15H2,1H3. The van der Waals surface area contributed by atoms with Crippen molar-refractivity contribution in [1.82, 2.24) is 20.0 Å². The molecule has 0 spiro atoms. The summed E-state index contributed by atoms with van der Waals surface area (Å²) in [5.74, 6) is -0.261. The summed E-state index contributed by atoms with van der Waals surface area (Å²) in [6.07, 6.45) is 2.20. The van der Waals surface area contributed by atoms with Crippen LogP contribution in [-0.2, 0) is 17.5 Å². The van der Waals surface area contributed by atoms with Crippen LogP contribution in [0.4, 0.5) is 13.2 Å². The van der Waals surface area contributed by atoms with Crippen molar-refractivity contribution in [3.63, 3.8) is 0 Å². The molecule has 2 aromatic carbocycles. The molecule has 2 aliphatic heterocycles. The Morgan fingerprint density at radius 3 is 2.84 bits per heavy atom. The number of benzene rings is 2. The van der Waals surface area contributed by atoms with Gasteiger partial charge >= 0.3 is 6.18 Å². The minimum atomic E-state index is -4.52. The van der Waals surface area contributed by atoms with Crippen LogP contribution in [0.15, 0.2) is 52.5 Å². The van der Waals surface area contributed by atoms with Gasteiger partial charge in [-0.2, -0.15) is 23.3 Å². The molecular formula is C26H25ClF3N5OS. The zero-order chi connectivity index (χ0) is 26.2. The van der Waals surface area contributed by atoms with Gasteiger partial charge in [-0.1, -0.05) is 30.2 Å². The van der Waals surface area contributed by atoms with E-state index in [9.17, 15) is 18.0 Å². The van der Waals surface area contributed by atoms with Gasteiger partial charge in [0, 0.05) is 29.5 Å². The van der Waals surface area contributed by atoms with E-state index < -0.39 is 11.7 Å². The molecule has 1 aromatic heterocycles. The van der Waals surface area contributed by atoms with Gasteiger partial charge in [-0.25, -0.2) is 0 Å². The van der Waals surface area contributed by atoms with Crippen molar-refractivity contribution in [3.8, 4) is 0 Å². The minimum Gasteiger partial charge on any atom is -0.349 e. The molecule has 37 heavy (non-hydrogen) atoms. The molecule has 3 aromatic rings. The quantitative estimate of drug-likeness (QED) is 0.418. The Hall–Kier alpha value is -2.82. The van der Waals surface area contributed by atoms with Gasteiger partial charge in [0.15, 0.2) is 5.17 Å². The molecule has 0 bridgehead atoms. The number of likely N-dealkylation sites (tertiary alicyclic amines) is 1. The van der Waals surface area contributed by atoms with Crippen LogP contribution >= 0.6 is 23.4 Å². The van der Waals surface area contributed by atoms with Crippen molar-refractivity contribution in [2.75, 3.05) is 20.1 Å². The SMILES string of the molecule is CNC1CCCCN(C2=NC(=O)C(=Cc3ccc4c(cnn4Cc4ccc(Cl)cc4C(F)(F)F)c3)S2)C1. The monoisotopic (exact) mass is 547 g/mol. The molecule has 11 heteroatoms. The number of halogens is 4. The number of alkyl halides is 3. The van der Waals surface area contributed by atoms with Crippen LogP contribution < -0.4 is 5.32 Å². The number of carbonyl (C=O) groups excluding carboxylic acids is 1. The summed E-state index contributed by atoms with van der Waals surface area (Å²) in [5.41, 5.74) is 0.795. The first-order valence-electron chi connectivity index (χ1n) is 12.0.